The highest BCUT2D eigenvalue weighted by molar-refractivity contribution is 6.01. The number of anilines is 1. The summed E-state index contributed by atoms with van der Waals surface area (Å²) in [6.45, 7) is 6.21. The van der Waals surface area contributed by atoms with Crippen LogP contribution in [0, 0.1) is 0 Å². The molecule has 1 heterocycles. The molecule has 0 unspecified atom stereocenters. The van der Waals surface area contributed by atoms with Crippen LogP contribution in [0.1, 0.15) is 22.8 Å². The first-order valence-electron chi connectivity index (χ1n) is 5.80. The second kappa shape index (κ2) is 4.64. The number of rotatable bonds is 3. The van der Waals surface area contributed by atoms with Gasteiger partial charge in [0.1, 0.15) is 0 Å². The summed E-state index contributed by atoms with van der Waals surface area (Å²) < 4.78 is 0. The lowest BCUT2D eigenvalue weighted by Gasteiger charge is -2.17. The number of likely N-dealkylation sites (N-methyl/N-ethyl adjacent to an activating group) is 1. The van der Waals surface area contributed by atoms with Crippen LogP contribution in [0.5, 0.6) is 0 Å². The number of fused-ring (bicyclic) bond motifs is 1. The van der Waals surface area contributed by atoms with E-state index in [4.69, 9.17) is 0 Å². The van der Waals surface area contributed by atoms with Gasteiger partial charge < -0.3 is 10.2 Å². The summed E-state index contributed by atoms with van der Waals surface area (Å²) in [5.74, 6) is -0.0787. The number of nitrogens with one attached hydrogen (secondary N) is 1. The second-order valence-corrected chi connectivity index (χ2v) is 4.72. The van der Waals surface area contributed by atoms with Gasteiger partial charge in [-0.3, -0.25) is 9.59 Å². The highest BCUT2D eigenvalue weighted by Gasteiger charge is 2.20. The summed E-state index contributed by atoms with van der Waals surface area (Å²) >= 11 is 0. The van der Waals surface area contributed by atoms with Gasteiger partial charge in [0.05, 0.1) is 6.42 Å². The molecule has 0 saturated carbocycles. The Morgan fingerprint density at radius 2 is 2.22 bits per heavy atom. The molecule has 0 aromatic heterocycles. The van der Waals surface area contributed by atoms with Gasteiger partial charge in [-0.2, -0.15) is 0 Å². The van der Waals surface area contributed by atoms with E-state index in [-0.39, 0.29) is 11.8 Å². The molecule has 4 heteroatoms. The predicted octanol–water partition coefficient (Wildman–Crippen LogP) is 1.83. The fraction of sp³-hybridized carbons (Fsp3) is 0.286. The van der Waals surface area contributed by atoms with Crippen molar-refractivity contribution in [3.8, 4) is 0 Å². The van der Waals surface area contributed by atoms with Crippen molar-refractivity contribution in [2.75, 3.05) is 18.9 Å². The number of hydrogen-bond acceptors (Lipinski definition) is 2. The summed E-state index contributed by atoms with van der Waals surface area (Å²) in [7, 11) is 1.74. The average Bonchev–Trinajstić information content (AvgIpc) is 2.65. The van der Waals surface area contributed by atoms with E-state index in [1.807, 2.05) is 6.92 Å². The molecule has 94 valence electrons. The summed E-state index contributed by atoms with van der Waals surface area (Å²) in [5.41, 5.74) is 3.23. The smallest absolute Gasteiger partial charge is 0.253 e. The van der Waals surface area contributed by atoms with Crippen molar-refractivity contribution in [1.29, 1.82) is 0 Å². The molecule has 1 aromatic carbocycles. The van der Waals surface area contributed by atoms with E-state index in [1.54, 1.807) is 30.1 Å². The molecule has 2 rings (SSSR count). The van der Waals surface area contributed by atoms with Crippen molar-refractivity contribution in [2.24, 2.45) is 0 Å². The lowest BCUT2D eigenvalue weighted by molar-refractivity contribution is -0.115. The summed E-state index contributed by atoms with van der Waals surface area (Å²) in [4.78, 5) is 25.0. The fourth-order valence-corrected chi connectivity index (χ4v) is 2.06. The van der Waals surface area contributed by atoms with Crippen LogP contribution < -0.4 is 5.32 Å². The molecule has 2 amide bonds. The van der Waals surface area contributed by atoms with Crippen LogP contribution in [-0.4, -0.2) is 30.3 Å². The lowest BCUT2D eigenvalue weighted by atomic mass is 10.1. The molecular formula is C14H16N2O2. The Kier molecular flexibility index (Phi) is 3.19. The largest absolute Gasteiger partial charge is 0.338 e. The molecule has 1 N–H and O–H groups in total. The van der Waals surface area contributed by atoms with Crippen molar-refractivity contribution in [3.05, 3.63) is 41.5 Å². The summed E-state index contributed by atoms with van der Waals surface area (Å²) in [5, 5.41) is 2.75. The molecule has 0 atom stereocenters. The van der Waals surface area contributed by atoms with Crippen LogP contribution in [0.25, 0.3) is 0 Å². The molecule has 4 nitrogen and oxygen atoms in total. The van der Waals surface area contributed by atoms with Gasteiger partial charge >= 0.3 is 0 Å². The van der Waals surface area contributed by atoms with E-state index in [9.17, 15) is 9.59 Å². The minimum absolute atomic E-state index is 0.0233. The Balaban J connectivity index is 2.20. The fourth-order valence-electron chi connectivity index (χ4n) is 2.06. The van der Waals surface area contributed by atoms with Crippen molar-refractivity contribution in [3.63, 3.8) is 0 Å². The van der Waals surface area contributed by atoms with Gasteiger partial charge in [0.25, 0.3) is 5.91 Å². The molecule has 0 aliphatic carbocycles. The maximum absolute atomic E-state index is 12.1. The monoisotopic (exact) mass is 244 g/mol. The Hall–Kier alpha value is -2.10. The normalized spacial score (nSPS) is 12.9. The van der Waals surface area contributed by atoms with Crippen LogP contribution in [-0.2, 0) is 11.2 Å². The van der Waals surface area contributed by atoms with Crippen molar-refractivity contribution < 1.29 is 9.59 Å². The van der Waals surface area contributed by atoms with Crippen LogP contribution in [0.15, 0.2) is 30.4 Å². The van der Waals surface area contributed by atoms with Gasteiger partial charge in [-0.25, -0.2) is 0 Å². The van der Waals surface area contributed by atoms with E-state index in [2.05, 4.69) is 11.9 Å². The van der Waals surface area contributed by atoms with Gasteiger partial charge in [0.2, 0.25) is 5.91 Å². The first-order valence-corrected chi connectivity index (χ1v) is 5.80. The molecule has 0 saturated heterocycles. The highest BCUT2D eigenvalue weighted by atomic mass is 16.2. The SMILES string of the molecule is C=C(C)CN(C)C(=O)c1ccc2c(c1)CC(=O)N2. The number of carbonyl (C=O) groups is 2. The minimum atomic E-state index is -0.0554. The molecule has 0 spiro atoms. The topological polar surface area (TPSA) is 49.4 Å². The van der Waals surface area contributed by atoms with Gasteiger partial charge in [0, 0.05) is 24.8 Å². The third-order valence-electron chi connectivity index (χ3n) is 2.83. The maximum Gasteiger partial charge on any atom is 0.253 e. The standard InChI is InChI=1S/C14H16N2O2/c1-9(2)8-16(3)14(18)10-4-5-12-11(6-10)7-13(17)15-12/h4-6H,1,7-8H2,2-3H3,(H,15,17). The quantitative estimate of drug-likeness (QED) is 0.825. The molecule has 0 bridgehead atoms. The predicted molar refractivity (Wildman–Crippen MR) is 70.6 cm³/mol. The van der Waals surface area contributed by atoms with Crippen molar-refractivity contribution >= 4 is 17.5 Å². The Morgan fingerprint density at radius 3 is 2.89 bits per heavy atom. The molecular weight excluding hydrogens is 228 g/mol. The van der Waals surface area contributed by atoms with E-state index in [0.717, 1.165) is 16.8 Å². The summed E-state index contributed by atoms with van der Waals surface area (Å²) in [6.07, 6.45) is 0.348. The first kappa shape index (κ1) is 12.4. The number of hydrogen-bond donors (Lipinski definition) is 1. The number of amides is 2. The van der Waals surface area contributed by atoms with Crippen LogP contribution in [0.3, 0.4) is 0 Å². The first-order chi connectivity index (χ1) is 8.47. The zero-order valence-corrected chi connectivity index (χ0v) is 10.6. The number of nitrogens with zero attached hydrogens (tertiary/aromatic N) is 1. The number of benzene rings is 1. The Labute approximate surface area is 106 Å². The molecule has 0 radical (unpaired) electrons. The third kappa shape index (κ3) is 2.42. The van der Waals surface area contributed by atoms with Gasteiger partial charge in [-0.1, -0.05) is 12.2 Å². The number of carbonyl (C=O) groups excluding carboxylic acids is 2. The van der Waals surface area contributed by atoms with E-state index in [1.165, 1.54) is 0 Å². The highest BCUT2D eigenvalue weighted by Crippen LogP contribution is 2.24. The Bertz CT molecular complexity index is 535. The zero-order valence-electron chi connectivity index (χ0n) is 10.6. The van der Waals surface area contributed by atoms with Gasteiger partial charge in [-0.15, -0.1) is 0 Å². The van der Waals surface area contributed by atoms with E-state index < -0.39 is 0 Å². The lowest BCUT2D eigenvalue weighted by Crippen LogP contribution is -2.28. The maximum atomic E-state index is 12.1. The summed E-state index contributed by atoms with van der Waals surface area (Å²) in [6, 6.07) is 5.30. The van der Waals surface area contributed by atoms with Crippen LogP contribution in [0.2, 0.25) is 0 Å². The van der Waals surface area contributed by atoms with E-state index in [0.29, 0.717) is 18.5 Å². The van der Waals surface area contributed by atoms with Gasteiger partial charge in [-0.05, 0) is 30.7 Å². The molecule has 1 aromatic rings. The van der Waals surface area contributed by atoms with Gasteiger partial charge in [0.15, 0.2) is 0 Å². The molecule has 1 aliphatic heterocycles. The van der Waals surface area contributed by atoms with Crippen LogP contribution >= 0.6 is 0 Å². The van der Waals surface area contributed by atoms with E-state index >= 15 is 0 Å². The average molecular weight is 244 g/mol. The second-order valence-electron chi connectivity index (χ2n) is 4.72. The zero-order chi connectivity index (χ0) is 13.3. The molecule has 1 aliphatic rings. The minimum Gasteiger partial charge on any atom is -0.338 e. The third-order valence-corrected chi connectivity index (χ3v) is 2.83. The van der Waals surface area contributed by atoms with Crippen molar-refractivity contribution in [1.82, 2.24) is 4.90 Å². The molecule has 0 fully saturated rings. The Morgan fingerprint density at radius 1 is 1.50 bits per heavy atom. The molecule has 18 heavy (non-hydrogen) atoms. The van der Waals surface area contributed by atoms with Crippen LogP contribution in [0.4, 0.5) is 5.69 Å². The van der Waals surface area contributed by atoms with Crippen molar-refractivity contribution in [2.45, 2.75) is 13.3 Å².